The van der Waals surface area contributed by atoms with Crippen molar-refractivity contribution < 1.29 is 4.74 Å². The largest absolute Gasteiger partial charge is 0.492 e. The van der Waals surface area contributed by atoms with Gasteiger partial charge in [0.05, 0.1) is 11.1 Å². The molecular weight excluding hydrogens is 266 g/mol. The fourth-order valence-electron chi connectivity index (χ4n) is 1.37. The summed E-state index contributed by atoms with van der Waals surface area (Å²) >= 11 is 3.50. The predicted octanol–water partition coefficient (Wildman–Crippen LogP) is 3.52. The van der Waals surface area contributed by atoms with E-state index in [1.54, 1.807) is 0 Å². The summed E-state index contributed by atoms with van der Waals surface area (Å²) in [5.41, 5.74) is 1.24. The van der Waals surface area contributed by atoms with Crippen LogP contribution in [0.5, 0.6) is 5.75 Å². The second-order valence-corrected chi connectivity index (χ2v) is 5.10. The van der Waals surface area contributed by atoms with Gasteiger partial charge in [-0.3, -0.25) is 0 Å². The SMILES string of the molecule is Cc1ccc(OCCCNC(C)C)c(Br)c1. The number of nitrogens with one attached hydrogen (secondary N) is 1. The Morgan fingerprint density at radius 3 is 2.75 bits per heavy atom. The van der Waals surface area contributed by atoms with Gasteiger partial charge in [0.25, 0.3) is 0 Å². The van der Waals surface area contributed by atoms with Gasteiger partial charge in [0.15, 0.2) is 0 Å². The molecular formula is C13H20BrNO. The van der Waals surface area contributed by atoms with Crippen molar-refractivity contribution in [2.24, 2.45) is 0 Å². The molecule has 0 radical (unpaired) electrons. The smallest absolute Gasteiger partial charge is 0.133 e. The molecule has 1 rings (SSSR count). The lowest BCUT2D eigenvalue weighted by molar-refractivity contribution is 0.304. The molecule has 0 aliphatic carbocycles. The lowest BCUT2D eigenvalue weighted by Gasteiger charge is -2.10. The second kappa shape index (κ2) is 6.92. The van der Waals surface area contributed by atoms with E-state index in [4.69, 9.17) is 4.74 Å². The summed E-state index contributed by atoms with van der Waals surface area (Å²) in [6.07, 6.45) is 1.03. The highest BCUT2D eigenvalue weighted by Crippen LogP contribution is 2.25. The zero-order valence-corrected chi connectivity index (χ0v) is 11.8. The van der Waals surface area contributed by atoms with Gasteiger partial charge in [-0.25, -0.2) is 0 Å². The standard InChI is InChI=1S/C13H20BrNO/c1-10(2)15-7-4-8-16-13-6-5-11(3)9-12(13)14/h5-6,9-10,15H,4,7-8H2,1-3H3. The molecule has 2 nitrogen and oxygen atoms in total. The van der Waals surface area contributed by atoms with E-state index in [-0.39, 0.29) is 0 Å². The van der Waals surface area contributed by atoms with Gasteiger partial charge in [-0.1, -0.05) is 19.9 Å². The van der Waals surface area contributed by atoms with Crippen LogP contribution in [0, 0.1) is 6.92 Å². The van der Waals surface area contributed by atoms with Crippen molar-refractivity contribution in [3.63, 3.8) is 0 Å². The Bertz CT molecular complexity index is 326. The van der Waals surface area contributed by atoms with E-state index in [0.717, 1.165) is 29.8 Å². The Labute approximate surface area is 107 Å². The van der Waals surface area contributed by atoms with Gasteiger partial charge in [-0.15, -0.1) is 0 Å². The number of rotatable bonds is 6. The number of benzene rings is 1. The number of aryl methyl sites for hydroxylation is 1. The maximum Gasteiger partial charge on any atom is 0.133 e. The molecule has 90 valence electrons. The highest BCUT2D eigenvalue weighted by molar-refractivity contribution is 9.10. The van der Waals surface area contributed by atoms with Crippen molar-refractivity contribution in [1.82, 2.24) is 5.32 Å². The van der Waals surface area contributed by atoms with E-state index in [2.05, 4.69) is 54.2 Å². The van der Waals surface area contributed by atoms with Gasteiger partial charge in [-0.2, -0.15) is 0 Å². The second-order valence-electron chi connectivity index (χ2n) is 4.24. The molecule has 0 heterocycles. The van der Waals surface area contributed by atoms with Crippen molar-refractivity contribution in [2.45, 2.75) is 33.2 Å². The Kier molecular flexibility index (Phi) is 5.85. The molecule has 0 saturated carbocycles. The summed E-state index contributed by atoms with van der Waals surface area (Å²) in [7, 11) is 0. The lowest BCUT2D eigenvalue weighted by atomic mass is 10.2. The van der Waals surface area contributed by atoms with E-state index in [0.29, 0.717) is 6.04 Å². The number of hydrogen-bond donors (Lipinski definition) is 1. The topological polar surface area (TPSA) is 21.3 Å². The van der Waals surface area contributed by atoms with Crippen molar-refractivity contribution in [3.8, 4) is 5.75 Å². The normalized spacial score (nSPS) is 10.8. The molecule has 0 amide bonds. The van der Waals surface area contributed by atoms with Crippen LogP contribution in [0.15, 0.2) is 22.7 Å². The van der Waals surface area contributed by atoms with E-state index >= 15 is 0 Å². The third-order valence-corrected chi connectivity index (χ3v) is 2.84. The quantitative estimate of drug-likeness (QED) is 0.808. The van der Waals surface area contributed by atoms with Crippen LogP contribution in [0.1, 0.15) is 25.8 Å². The fourth-order valence-corrected chi connectivity index (χ4v) is 1.98. The minimum Gasteiger partial charge on any atom is -0.492 e. The first kappa shape index (κ1) is 13.5. The number of hydrogen-bond acceptors (Lipinski definition) is 2. The molecule has 0 aliphatic rings. The molecule has 0 fully saturated rings. The highest BCUT2D eigenvalue weighted by atomic mass is 79.9. The minimum atomic E-state index is 0.547. The van der Waals surface area contributed by atoms with Crippen LogP contribution in [-0.4, -0.2) is 19.2 Å². The van der Waals surface area contributed by atoms with Crippen LogP contribution in [0.2, 0.25) is 0 Å². The monoisotopic (exact) mass is 285 g/mol. The van der Waals surface area contributed by atoms with Gasteiger partial charge in [-0.05, 0) is 53.5 Å². The van der Waals surface area contributed by atoms with Gasteiger partial charge >= 0.3 is 0 Å². The van der Waals surface area contributed by atoms with Gasteiger partial charge < -0.3 is 10.1 Å². The molecule has 0 aliphatic heterocycles. The zero-order valence-electron chi connectivity index (χ0n) is 10.2. The van der Waals surface area contributed by atoms with Crippen molar-refractivity contribution >= 4 is 15.9 Å². The molecule has 1 aromatic carbocycles. The van der Waals surface area contributed by atoms with Gasteiger partial charge in [0, 0.05) is 6.04 Å². The van der Waals surface area contributed by atoms with Crippen molar-refractivity contribution in [3.05, 3.63) is 28.2 Å². The molecule has 0 bridgehead atoms. The fraction of sp³-hybridized carbons (Fsp3) is 0.538. The van der Waals surface area contributed by atoms with Crippen LogP contribution in [0.4, 0.5) is 0 Å². The van der Waals surface area contributed by atoms with Gasteiger partial charge in [0.2, 0.25) is 0 Å². The summed E-state index contributed by atoms with van der Waals surface area (Å²) in [4.78, 5) is 0. The average molecular weight is 286 g/mol. The highest BCUT2D eigenvalue weighted by Gasteiger charge is 2.00. The minimum absolute atomic E-state index is 0.547. The summed E-state index contributed by atoms with van der Waals surface area (Å²) in [6, 6.07) is 6.69. The first-order valence-corrected chi connectivity index (χ1v) is 6.51. The maximum absolute atomic E-state index is 5.69. The first-order chi connectivity index (χ1) is 7.59. The predicted molar refractivity (Wildman–Crippen MR) is 72.1 cm³/mol. The van der Waals surface area contributed by atoms with Crippen LogP contribution < -0.4 is 10.1 Å². The molecule has 16 heavy (non-hydrogen) atoms. The molecule has 0 spiro atoms. The summed E-state index contributed by atoms with van der Waals surface area (Å²) in [6.45, 7) is 8.12. The third kappa shape index (κ3) is 4.99. The molecule has 1 aromatic rings. The van der Waals surface area contributed by atoms with Crippen molar-refractivity contribution in [2.75, 3.05) is 13.2 Å². The summed E-state index contributed by atoms with van der Waals surface area (Å²) in [5.74, 6) is 0.926. The summed E-state index contributed by atoms with van der Waals surface area (Å²) < 4.78 is 6.72. The van der Waals surface area contributed by atoms with E-state index < -0.39 is 0 Å². The molecule has 0 saturated heterocycles. The molecule has 3 heteroatoms. The third-order valence-electron chi connectivity index (χ3n) is 2.22. The Morgan fingerprint density at radius 2 is 2.12 bits per heavy atom. The summed E-state index contributed by atoms with van der Waals surface area (Å²) in [5, 5.41) is 3.36. The Hall–Kier alpha value is -0.540. The van der Waals surface area contributed by atoms with Crippen LogP contribution >= 0.6 is 15.9 Å². The lowest BCUT2D eigenvalue weighted by Crippen LogP contribution is -2.24. The van der Waals surface area contributed by atoms with Crippen LogP contribution in [0.25, 0.3) is 0 Å². The average Bonchev–Trinajstić information content (AvgIpc) is 2.20. The number of ether oxygens (including phenoxy) is 1. The molecule has 1 N–H and O–H groups in total. The van der Waals surface area contributed by atoms with Gasteiger partial charge in [0.1, 0.15) is 5.75 Å². The Morgan fingerprint density at radius 1 is 1.38 bits per heavy atom. The first-order valence-electron chi connectivity index (χ1n) is 5.72. The van der Waals surface area contributed by atoms with Crippen LogP contribution in [0.3, 0.4) is 0 Å². The van der Waals surface area contributed by atoms with E-state index in [1.807, 2.05) is 6.07 Å². The van der Waals surface area contributed by atoms with Crippen LogP contribution in [-0.2, 0) is 0 Å². The maximum atomic E-state index is 5.69. The molecule has 0 unspecified atom stereocenters. The zero-order chi connectivity index (χ0) is 12.0. The molecule has 0 aromatic heterocycles. The van der Waals surface area contributed by atoms with Crippen molar-refractivity contribution in [1.29, 1.82) is 0 Å². The van der Waals surface area contributed by atoms with E-state index in [1.165, 1.54) is 5.56 Å². The van der Waals surface area contributed by atoms with E-state index in [9.17, 15) is 0 Å². The number of halogens is 1. The Balaban J connectivity index is 2.27. The molecule has 0 atom stereocenters.